The van der Waals surface area contributed by atoms with Crippen molar-refractivity contribution in [1.82, 2.24) is 14.9 Å². The van der Waals surface area contributed by atoms with Crippen molar-refractivity contribution in [2.24, 2.45) is 0 Å². The molecule has 0 saturated carbocycles. The van der Waals surface area contributed by atoms with Crippen LogP contribution < -0.4 is 15.4 Å². The third-order valence-electron chi connectivity index (χ3n) is 5.13. The number of rotatable bonds is 5. The molecule has 4 rings (SSSR count). The van der Waals surface area contributed by atoms with Crippen molar-refractivity contribution in [2.75, 3.05) is 6.54 Å². The summed E-state index contributed by atoms with van der Waals surface area (Å²) in [4.78, 5) is 23.5. The van der Waals surface area contributed by atoms with Gasteiger partial charge in [-0.3, -0.25) is 10.1 Å². The van der Waals surface area contributed by atoms with Gasteiger partial charge in [0.25, 0.3) is 5.91 Å². The highest BCUT2D eigenvalue weighted by molar-refractivity contribution is 7.89. The first-order valence-electron chi connectivity index (χ1n) is 9.32. The van der Waals surface area contributed by atoms with Crippen molar-refractivity contribution in [1.29, 1.82) is 0 Å². The van der Waals surface area contributed by atoms with Crippen LogP contribution in [0.2, 0.25) is 0 Å². The molecule has 2 fully saturated rings. The van der Waals surface area contributed by atoms with Crippen molar-refractivity contribution in [3.63, 3.8) is 0 Å². The van der Waals surface area contributed by atoms with Gasteiger partial charge in [-0.05, 0) is 56.2 Å². The van der Waals surface area contributed by atoms with Crippen molar-refractivity contribution in [3.05, 3.63) is 54.1 Å². The van der Waals surface area contributed by atoms with Crippen LogP contribution in [-0.4, -0.2) is 43.3 Å². The molecule has 2 N–H and O–H groups in total. The second-order valence-electron chi connectivity index (χ2n) is 7.15. The van der Waals surface area contributed by atoms with Crippen LogP contribution in [0.1, 0.15) is 18.4 Å². The summed E-state index contributed by atoms with van der Waals surface area (Å²) in [5, 5.41) is 4.68. The Balaban J connectivity index is 1.53. The zero-order valence-electron chi connectivity index (χ0n) is 15.8. The fourth-order valence-electron chi connectivity index (χ4n) is 3.66. The molecule has 2 aliphatic rings. The van der Waals surface area contributed by atoms with Gasteiger partial charge in [-0.25, -0.2) is 13.2 Å². The number of sulfonamides is 1. The normalized spacial score (nSPS) is 22.4. The monoisotopic (exact) mass is 415 g/mol. The molecule has 0 unspecified atom stereocenters. The number of amides is 3. The van der Waals surface area contributed by atoms with Gasteiger partial charge >= 0.3 is 6.03 Å². The van der Waals surface area contributed by atoms with Gasteiger partial charge in [0.2, 0.25) is 10.0 Å². The Morgan fingerprint density at radius 2 is 1.62 bits per heavy atom. The number of hydrogen-bond donors (Lipinski definition) is 2. The minimum atomic E-state index is -3.81. The largest absolute Gasteiger partial charge is 0.457 e. The first kappa shape index (κ1) is 19.4. The van der Waals surface area contributed by atoms with Crippen LogP contribution in [-0.2, 0) is 14.8 Å². The Morgan fingerprint density at radius 1 is 1.00 bits per heavy atom. The first-order chi connectivity index (χ1) is 13.8. The standard InChI is InChI=1S/C20H21N3O5S/c1-13-4-6-14(7-5-13)28-15-8-10-16(11-9-15)29(26,27)23-12-2-3-17(23)18-19(24)22-20(25)21-18/h4-11,17-18H,2-3,12H2,1H3,(H2,21,22,24,25)/t17-,18-/m1/s1. The molecule has 9 heteroatoms. The summed E-state index contributed by atoms with van der Waals surface area (Å²) in [7, 11) is -3.81. The van der Waals surface area contributed by atoms with Gasteiger partial charge in [-0.2, -0.15) is 4.31 Å². The van der Waals surface area contributed by atoms with Crippen molar-refractivity contribution >= 4 is 22.0 Å². The minimum Gasteiger partial charge on any atom is -0.457 e. The van der Waals surface area contributed by atoms with Crippen LogP contribution in [0.15, 0.2) is 53.4 Å². The molecule has 2 heterocycles. The van der Waals surface area contributed by atoms with E-state index in [0.29, 0.717) is 30.9 Å². The predicted octanol–water partition coefficient (Wildman–Crippen LogP) is 2.15. The smallest absolute Gasteiger partial charge is 0.322 e. The van der Waals surface area contributed by atoms with Gasteiger partial charge < -0.3 is 10.1 Å². The van der Waals surface area contributed by atoms with E-state index in [-0.39, 0.29) is 4.90 Å². The molecule has 3 amide bonds. The van der Waals surface area contributed by atoms with E-state index in [0.717, 1.165) is 5.56 Å². The molecule has 8 nitrogen and oxygen atoms in total. The molecule has 0 spiro atoms. The third kappa shape index (κ3) is 3.83. The van der Waals surface area contributed by atoms with Gasteiger partial charge in [-0.15, -0.1) is 0 Å². The molecule has 0 radical (unpaired) electrons. The number of carbonyl (C=O) groups is 2. The van der Waals surface area contributed by atoms with Gasteiger partial charge in [0.1, 0.15) is 17.5 Å². The summed E-state index contributed by atoms with van der Waals surface area (Å²) < 4.78 is 33.3. The summed E-state index contributed by atoms with van der Waals surface area (Å²) in [5.41, 5.74) is 1.12. The maximum Gasteiger partial charge on any atom is 0.322 e. The number of urea groups is 1. The number of imide groups is 1. The average Bonchev–Trinajstić information content (AvgIpc) is 3.30. The van der Waals surface area contributed by atoms with Gasteiger partial charge in [0.15, 0.2) is 0 Å². The second kappa shape index (κ2) is 7.49. The third-order valence-corrected chi connectivity index (χ3v) is 7.06. The van der Waals surface area contributed by atoms with E-state index in [1.807, 2.05) is 31.2 Å². The summed E-state index contributed by atoms with van der Waals surface area (Å²) in [6, 6.07) is 11.7. The number of carbonyl (C=O) groups excluding carboxylic acids is 2. The minimum absolute atomic E-state index is 0.116. The van der Waals surface area contributed by atoms with Crippen LogP contribution >= 0.6 is 0 Å². The van der Waals surface area contributed by atoms with E-state index >= 15 is 0 Å². The van der Waals surface area contributed by atoms with E-state index < -0.39 is 34.0 Å². The topological polar surface area (TPSA) is 105 Å². The molecular formula is C20H21N3O5S. The lowest BCUT2D eigenvalue weighted by atomic mass is 10.1. The SMILES string of the molecule is Cc1ccc(Oc2ccc(S(=O)(=O)N3CCC[C@@H]3[C@H]3NC(=O)NC3=O)cc2)cc1. The number of nitrogens with zero attached hydrogens (tertiary/aromatic N) is 1. The van der Waals surface area contributed by atoms with Gasteiger partial charge in [-0.1, -0.05) is 17.7 Å². The number of hydrogen-bond acceptors (Lipinski definition) is 5. The highest BCUT2D eigenvalue weighted by atomic mass is 32.2. The van der Waals surface area contributed by atoms with E-state index in [4.69, 9.17) is 4.74 Å². The van der Waals surface area contributed by atoms with Crippen LogP contribution in [0.25, 0.3) is 0 Å². The number of ether oxygens (including phenoxy) is 1. The van der Waals surface area contributed by atoms with E-state index in [1.54, 1.807) is 12.1 Å². The zero-order valence-corrected chi connectivity index (χ0v) is 16.6. The van der Waals surface area contributed by atoms with E-state index in [9.17, 15) is 18.0 Å². The first-order valence-corrected chi connectivity index (χ1v) is 10.8. The number of benzene rings is 2. The zero-order chi connectivity index (χ0) is 20.6. The molecule has 2 aromatic rings. The average molecular weight is 415 g/mol. The van der Waals surface area contributed by atoms with Gasteiger partial charge in [0, 0.05) is 6.54 Å². The fourth-order valence-corrected chi connectivity index (χ4v) is 5.36. The Labute approximate surface area is 168 Å². The molecular weight excluding hydrogens is 394 g/mol. The molecule has 0 aromatic heterocycles. The van der Waals surface area contributed by atoms with E-state index in [2.05, 4.69) is 10.6 Å². The Bertz CT molecular complexity index is 1030. The highest BCUT2D eigenvalue weighted by Crippen LogP contribution is 2.30. The number of aryl methyl sites for hydroxylation is 1. The van der Waals surface area contributed by atoms with Crippen molar-refractivity contribution in [3.8, 4) is 11.5 Å². The van der Waals surface area contributed by atoms with Crippen LogP contribution in [0.4, 0.5) is 4.79 Å². The molecule has 2 aromatic carbocycles. The maximum absolute atomic E-state index is 13.1. The quantitative estimate of drug-likeness (QED) is 0.728. The molecule has 0 aliphatic carbocycles. The highest BCUT2D eigenvalue weighted by Gasteiger charge is 2.45. The molecule has 2 atom stereocenters. The lowest BCUT2D eigenvalue weighted by Gasteiger charge is -2.27. The van der Waals surface area contributed by atoms with Gasteiger partial charge in [0.05, 0.1) is 10.9 Å². The summed E-state index contributed by atoms with van der Waals surface area (Å²) in [6.45, 7) is 2.28. The molecule has 2 saturated heterocycles. The van der Waals surface area contributed by atoms with Crippen LogP contribution in [0.5, 0.6) is 11.5 Å². The lowest BCUT2D eigenvalue weighted by molar-refractivity contribution is -0.121. The molecule has 152 valence electrons. The Kier molecular flexibility index (Phi) is 5.01. The predicted molar refractivity (Wildman–Crippen MR) is 105 cm³/mol. The Morgan fingerprint density at radius 3 is 2.21 bits per heavy atom. The summed E-state index contributed by atoms with van der Waals surface area (Å²) >= 11 is 0. The number of nitrogens with one attached hydrogen (secondary N) is 2. The summed E-state index contributed by atoms with van der Waals surface area (Å²) in [5.74, 6) is 0.686. The Hall–Kier alpha value is -2.91. The molecule has 29 heavy (non-hydrogen) atoms. The lowest BCUT2D eigenvalue weighted by Crippen LogP contribution is -2.49. The molecule has 2 aliphatic heterocycles. The van der Waals surface area contributed by atoms with Crippen molar-refractivity contribution in [2.45, 2.75) is 36.7 Å². The summed E-state index contributed by atoms with van der Waals surface area (Å²) in [6.07, 6.45) is 1.13. The second-order valence-corrected chi connectivity index (χ2v) is 9.04. The molecule has 0 bridgehead atoms. The fraction of sp³-hybridized carbons (Fsp3) is 0.300. The van der Waals surface area contributed by atoms with Crippen LogP contribution in [0, 0.1) is 6.92 Å². The maximum atomic E-state index is 13.1. The van der Waals surface area contributed by atoms with E-state index in [1.165, 1.54) is 16.4 Å². The van der Waals surface area contributed by atoms with Crippen LogP contribution in [0.3, 0.4) is 0 Å². The van der Waals surface area contributed by atoms with Crippen molar-refractivity contribution < 1.29 is 22.7 Å².